The van der Waals surface area contributed by atoms with Gasteiger partial charge in [-0.2, -0.15) is 0 Å². The smallest absolute Gasteiger partial charge is 0.240 e. The standard InChI is InChI=1S/C23H26N4O2S/c1-4-26-21(18-11-13-19(29-3)14-12-18)24-25-23(26)30-16(2)22(28)27-15-7-9-17-8-5-6-10-20(17)27/h5-6,8,10-14,16H,4,7,9,15H2,1-3H3/t16-/m1/s1. The number of carbonyl (C=O) groups is 1. The number of nitrogens with zero attached hydrogens (tertiary/aromatic N) is 4. The minimum absolute atomic E-state index is 0.115. The first-order valence-electron chi connectivity index (χ1n) is 10.3. The molecule has 1 amide bonds. The lowest BCUT2D eigenvalue weighted by atomic mass is 10.0. The third kappa shape index (κ3) is 3.94. The van der Waals surface area contributed by atoms with Gasteiger partial charge in [0.25, 0.3) is 0 Å². The lowest BCUT2D eigenvalue weighted by molar-refractivity contribution is -0.117. The van der Waals surface area contributed by atoms with Gasteiger partial charge in [0.2, 0.25) is 5.91 Å². The number of methoxy groups -OCH3 is 1. The summed E-state index contributed by atoms with van der Waals surface area (Å²) in [4.78, 5) is 15.2. The highest BCUT2D eigenvalue weighted by atomic mass is 32.2. The van der Waals surface area contributed by atoms with Crippen molar-refractivity contribution in [2.24, 2.45) is 0 Å². The molecule has 4 rings (SSSR count). The van der Waals surface area contributed by atoms with Gasteiger partial charge in [-0.15, -0.1) is 10.2 Å². The zero-order valence-corrected chi connectivity index (χ0v) is 18.4. The number of para-hydroxylation sites is 1. The predicted molar refractivity (Wildman–Crippen MR) is 120 cm³/mol. The van der Waals surface area contributed by atoms with E-state index in [0.29, 0.717) is 0 Å². The van der Waals surface area contributed by atoms with E-state index < -0.39 is 0 Å². The molecular weight excluding hydrogens is 396 g/mol. The van der Waals surface area contributed by atoms with Crippen molar-refractivity contribution in [1.29, 1.82) is 0 Å². The summed E-state index contributed by atoms with van der Waals surface area (Å²) in [6, 6.07) is 16.0. The van der Waals surface area contributed by atoms with Crippen molar-refractivity contribution < 1.29 is 9.53 Å². The second kappa shape index (κ2) is 8.92. The Morgan fingerprint density at radius 2 is 1.93 bits per heavy atom. The molecule has 156 valence electrons. The number of hydrogen-bond acceptors (Lipinski definition) is 5. The van der Waals surface area contributed by atoms with E-state index >= 15 is 0 Å². The summed E-state index contributed by atoms with van der Waals surface area (Å²) in [6.45, 7) is 5.50. The van der Waals surface area contributed by atoms with Crippen molar-refractivity contribution in [3.63, 3.8) is 0 Å². The van der Waals surface area contributed by atoms with E-state index in [-0.39, 0.29) is 11.2 Å². The molecule has 0 saturated carbocycles. The van der Waals surface area contributed by atoms with Gasteiger partial charge in [-0.05, 0) is 62.6 Å². The summed E-state index contributed by atoms with van der Waals surface area (Å²) in [5.41, 5.74) is 3.26. The summed E-state index contributed by atoms with van der Waals surface area (Å²) < 4.78 is 7.30. The molecule has 1 atom stereocenters. The average Bonchev–Trinajstić information content (AvgIpc) is 3.20. The maximum absolute atomic E-state index is 13.2. The quantitative estimate of drug-likeness (QED) is 0.550. The molecule has 0 aliphatic carbocycles. The van der Waals surface area contributed by atoms with Crippen LogP contribution in [-0.4, -0.2) is 39.6 Å². The molecule has 2 aromatic carbocycles. The van der Waals surface area contributed by atoms with E-state index in [9.17, 15) is 4.79 Å². The number of benzene rings is 2. The van der Waals surface area contributed by atoms with Gasteiger partial charge in [0.05, 0.1) is 12.4 Å². The lowest BCUT2D eigenvalue weighted by Gasteiger charge is -2.31. The van der Waals surface area contributed by atoms with Gasteiger partial charge in [0.1, 0.15) is 5.75 Å². The SMILES string of the molecule is CCn1c(S[C@H](C)C(=O)N2CCCc3ccccc32)nnc1-c1ccc(OC)cc1. The number of anilines is 1. The maximum Gasteiger partial charge on any atom is 0.240 e. The molecule has 1 aromatic heterocycles. The molecule has 0 unspecified atom stereocenters. The first-order valence-corrected chi connectivity index (χ1v) is 11.1. The molecule has 2 heterocycles. The first-order chi connectivity index (χ1) is 14.6. The van der Waals surface area contributed by atoms with E-state index in [2.05, 4.69) is 27.8 Å². The van der Waals surface area contributed by atoms with Crippen molar-refractivity contribution in [3.8, 4) is 17.1 Å². The summed E-state index contributed by atoms with van der Waals surface area (Å²) in [6.07, 6.45) is 2.02. The predicted octanol–water partition coefficient (Wildman–Crippen LogP) is 4.43. The Morgan fingerprint density at radius 1 is 1.17 bits per heavy atom. The molecule has 0 N–H and O–H groups in total. The van der Waals surface area contributed by atoms with Crippen LogP contribution in [-0.2, 0) is 17.8 Å². The lowest BCUT2D eigenvalue weighted by Crippen LogP contribution is -2.40. The summed E-state index contributed by atoms with van der Waals surface area (Å²) >= 11 is 1.47. The van der Waals surface area contributed by atoms with Crippen LogP contribution in [0.4, 0.5) is 5.69 Å². The molecule has 7 heteroatoms. The van der Waals surface area contributed by atoms with E-state index in [1.165, 1.54) is 17.3 Å². The maximum atomic E-state index is 13.2. The monoisotopic (exact) mass is 422 g/mol. The second-order valence-corrected chi connectivity index (χ2v) is 8.57. The molecule has 6 nitrogen and oxygen atoms in total. The fourth-order valence-electron chi connectivity index (χ4n) is 3.81. The highest BCUT2D eigenvalue weighted by Gasteiger charge is 2.28. The number of thioether (sulfide) groups is 1. The number of rotatable bonds is 6. The Balaban J connectivity index is 1.54. The van der Waals surface area contributed by atoms with Crippen LogP contribution in [0.5, 0.6) is 5.75 Å². The van der Waals surface area contributed by atoms with Gasteiger partial charge in [-0.1, -0.05) is 30.0 Å². The minimum Gasteiger partial charge on any atom is -0.497 e. The van der Waals surface area contributed by atoms with Crippen LogP contribution in [0.15, 0.2) is 53.7 Å². The topological polar surface area (TPSA) is 60.2 Å². The Labute approximate surface area is 181 Å². The number of fused-ring (bicyclic) bond motifs is 1. The van der Waals surface area contributed by atoms with Crippen molar-refractivity contribution >= 4 is 23.4 Å². The number of carbonyl (C=O) groups excluding carboxylic acids is 1. The number of aryl methyl sites for hydroxylation is 1. The van der Waals surface area contributed by atoms with E-state index in [4.69, 9.17) is 4.74 Å². The first kappa shape index (κ1) is 20.5. The Bertz CT molecular complexity index is 1030. The molecule has 3 aromatic rings. The molecule has 0 fully saturated rings. The Kier molecular flexibility index (Phi) is 6.08. The highest BCUT2D eigenvalue weighted by molar-refractivity contribution is 8.00. The van der Waals surface area contributed by atoms with Crippen LogP contribution in [0.2, 0.25) is 0 Å². The van der Waals surface area contributed by atoms with Crippen LogP contribution < -0.4 is 9.64 Å². The molecule has 1 aliphatic rings. The third-order valence-electron chi connectivity index (χ3n) is 5.39. The number of amides is 1. The molecular formula is C23H26N4O2S. The zero-order chi connectivity index (χ0) is 21.1. The van der Waals surface area contributed by atoms with Crippen molar-refractivity contribution in [1.82, 2.24) is 14.8 Å². The van der Waals surface area contributed by atoms with Crippen molar-refractivity contribution in [3.05, 3.63) is 54.1 Å². The van der Waals surface area contributed by atoms with Crippen molar-refractivity contribution in [2.75, 3.05) is 18.6 Å². The van der Waals surface area contributed by atoms with Gasteiger partial charge in [-0.3, -0.25) is 4.79 Å². The summed E-state index contributed by atoms with van der Waals surface area (Å²) in [5.74, 6) is 1.71. The largest absolute Gasteiger partial charge is 0.497 e. The van der Waals surface area contributed by atoms with E-state index in [1.807, 2.05) is 54.3 Å². The van der Waals surface area contributed by atoms with E-state index in [1.54, 1.807) is 7.11 Å². The van der Waals surface area contributed by atoms with Crippen LogP contribution in [0.3, 0.4) is 0 Å². The number of aromatic nitrogens is 3. The Hall–Kier alpha value is -2.80. The van der Waals surface area contributed by atoms with Gasteiger partial charge in [0, 0.05) is 24.3 Å². The highest BCUT2D eigenvalue weighted by Crippen LogP contribution is 2.32. The molecule has 0 radical (unpaired) electrons. The molecule has 30 heavy (non-hydrogen) atoms. The molecule has 1 aliphatic heterocycles. The fraction of sp³-hybridized carbons (Fsp3) is 0.348. The van der Waals surface area contributed by atoms with Gasteiger partial charge in [-0.25, -0.2) is 0 Å². The fourth-order valence-corrected chi connectivity index (χ4v) is 4.78. The minimum atomic E-state index is -0.255. The zero-order valence-electron chi connectivity index (χ0n) is 17.5. The Morgan fingerprint density at radius 3 is 2.67 bits per heavy atom. The molecule has 0 bridgehead atoms. The van der Waals surface area contributed by atoms with Crippen LogP contribution in [0.1, 0.15) is 25.8 Å². The summed E-state index contributed by atoms with van der Waals surface area (Å²) in [7, 11) is 1.65. The van der Waals surface area contributed by atoms with Gasteiger partial charge in [0.15, 0.2) is 11.0 Å². The molecule has 0 saturated heterocycles. The normalized spacial score (nSPS) is 14.3. The van der Waals surface area contributed by atoms with Gasteiger partial charge < -0.3 is 14.2 Å². The van der Waals surface area contributed by atoms with E-state index in [0.717, 1.165) is 53.9 Å². The average molecular weight is 423 g/mol. The number of ether oxygens (including phenoxy) is 1. The summed E-state index contributed by atoms with van der Waals surface area (Å²) in [5, 5.41) is 9.30. The van der Waals surface area contributed by atoms with Crippen LogP contribution in [0, 0.1) is 0 Å². The van der Waals surface area contributed by atoms with Crippen LogP contribution in [0.25, 0.3) is 11.4 Å². The second-order valence-electron chi connectivity index (χ2n) is 7.26. The molecule has 0 spiro atoms. The number of hydrogen-bond donors (Lipinski definition) is 0. The van der Waals surface area contributed by atoms with Gasteiger partial charge >= 0.3 is 0 Å². The van der Waals surface area contributed by atoms with Crippen LogP contribution >= 0.6 is 11.8 Å². The third-order valence-corrected chi connectivity index (χ3v) is 6.46. The van der Waals surface area contributed by atoms with Crippen molar-refractivity contribution in [2.45, 2.75) is 43.6 Å².